The number of carbonyl (C=O) groups is 2. The molecular formula is C24H24ClN7O2S. The maximum absolute atomic E-state index is 13.1. The lowest BCUT2D eigenvalue weighted by atomic mass is 9.95. The van der Waals surface area contributed by atoms with Crippen molar-refractivity contribution in [3.63, 3.8) is 0 Å². The van der Waals surface area contributed by atoms with Crippen LogP contribution in [-0.4, -0.2) is 49.4 Å². The van der Waals surface area contributed by atoms with Crippen LogP contribution >= 0.6 is 22.9 Å². The zero-order chi connectivity index (χ0) is 24.4. The number of anilines is 1. The predicted molar refractivity (Wildman–Crippen MR) is 135 cm³/mol. The largest absolute Gasteiger partial charge is 0.399 e. The fourth-order valence-corrected chi connectivity index (χ4v) is 5.24. The average molecular weight is 510 g/mol. The quantitative estimate of drug-likeness (QED) is 0.386. The molecule has 4 heterocycles. The van der Waals surface area contributed by atoms with Crippen molar-refractivity contribution in [2.45, 2.75) is 19.4 Å². The van der Waals surface area contributed by atoms with Crippen LogP contribution in [0.5, 0.6) is 0 Å². The van der Waals surface area contributed by atoms with Gasteiger partial charge in [-0.05, 0) is 54.6 Å². The van der Waals surface area contributed by atoms with E-state index in [1.807, 2.05) is 45.4 Å². The molecule has 9 nitrogen and oxygen atoms in total. The van der Waals surface area contributed by atoms with Crippen molar-refractivity contribution in [3.05, 3.63) is 76.0 Å². The molecule has 0 spiro atoms. The topological polar surface area (TPSA) is 111 Å². The second kappa shape index (κ2) is 9.93. The maximum atomic E-state index is 13.1. The highest BCUT2D eigenvalue weighted by Crippen LogP contribution is 2.26. The minimum atomic E-state index is -0.148. The Kier molecular flexibility index (Phi) is 6.56. The summed E-state index contributed by atoms with van der Waals surface area (Å²) in [5.41, 5.74) is 8.53. The summed E-state index contributed by atoms with van der Waals surface area (Å²) in [6.07, 6.45) is 6.81. The molecule has 1 saturated heterocycles. The normalized spacial score (nSPS) is 14.3. The van der Waals surface area contributed by atoms with Crippen molar-refractivity contribution >= 4 is 40.4 Å². The molecule has 3 aromatic heterocycles. The number of thiophene rings is 1. The number of carbonyl (C=O) groups excluding carboxylic acids is 2. The number of nitrogens with two attached hydrogens (primary N) is 1. The van der Waals surface area contributed by atoms with Crippen molar-refractivity contribution in [2.24, 2.45) is 5.92 Å². The Morgan fingerprint density at radius 3 is 2.69 bits per heavy atom. The molecule has 0 radical (unpaired) electrons. The number of hydrogen-bond acceptors (Lipinski definition) is 6. The fourth-order valence-electron chi connectivity index (χ4n) is 4.17. The average Bonchev–Trinajstić information content (AvgIpc) is 3.65. The van der Waals surface area contributed by atoms with Gasteiger partial charge in [0.2, 0.25) is 5.91 Å². The molecule has 1 fully saturated rings. The van der Waals surface area contributed by atoms with E-state index in [4.69, 9.17) is 17.3 Å². The number of amides is 2. The van der Waals surface area contributed by atoms with Gasteiger partial charge < -0.3 is 20.5 Å². The highest BCUT2D eigenvalue weighted by atomic mass is 35.5. The Labute approximate surface area is 211 Å². The zero-order valence-electron chi connectivity index (χ0n) is 18.8. The van der Waals surface area contributed by atoms with E-state index in [1.165, 1.54) is 16.0 Å². The van der Waals surface area contributed by atoms with Gasteiger partial charge in [-0.1, -0.05) is 16.8 Å². The van der Waals surface area contributed by atoms with E-state index in [2.05, 4.69) is 15.6 Å². The van der Waals surface area contributed by atoms with Gasteiger partial charge in [0.25, 0.3) is 5.91 Å². The Bertz CT molecular complexity index is 1340. The van der Waals surface area contributed by atoms with Crippen LogP contribution in [0.2, 0.25) is 5.02 Å². The molecule has 1 aliphatic rings. The summed E-state index contributed by atoms with van der Waals surface area (Å²) in [6.45, 7) is 1.35. The summed E-state index contributed by atoms with van der Waals surface area (Å²) < 4.78 is 3.48. The smallest absolute Gasteiger partial charge is 0.266 e. The van der Waals surface area contributed by atoms with E-state index >= 15 is 0 Å². The molecule has 1 aliphatic heterocycles. The highest BCUT2D eigenvalue weighted by molar-refractivity contribution is 7.12. The molecule has 4 aromatic rings. The summed E-state index contributed by atoms with van der Waals surface area (Å²) >= 11 is 7.67. The second-order valence-electron chi connectivity index (χ2n) is 8.37. The first kappa shape index (κ1) is 23.1. The van der Waals surface area contributed by atoms with Gasteiger partial charge in [0.15, 0.2) is 0 Å². The molecule has 11 heteroatoms. The third kappa shape index (κ3) is 4.94. The van der Waals surface area contributed by atoms with Crippen LogP contribution in [0.15, 0.2) is 60.4 Å². The number of nitrogens with zero attached hydrogens (tertiary/aromatic N) is 5. The van der Waals surface area contributed by atoms with Crippen LogP contribution in [0.3, 0.4) is 0 Å². The number of hydrogen-bond donors (Lipinski definition) is 2. The zero-order valence-corrected chi connectivity index (χ0v) is 20.4. The van der Waals surface area contributed by atoms with Crippen LogP contribution in [0.4, 0.5) is 5.69 Å². The Balaban J connectivity index is 1.14. The van der Waals surface area contributed by atoms with Crippen molar-refractivity contribution in [2.75, 3.05) is 18.8 Å². The number of rotatable bonds is 6. The summed E-state index contributed by atoms with van der Waals surface area (Å²) in [6, 6.07) is 10.9. The number of nitrogen functional groups attached to an aromatic ring is 1. The van der Waals surface area contributed by atoms with Crippen molar-refractivity contribution in [1.82, 2.24) is 29.8 Å². The van der Waals surface area contributed by atoms with E-state index in [-0.39, 0.29) is 24.3 Å². The lowest BCUT2D eigenvalue weighted by Gasteiger charge is -2.31. The minimum Gasteiger partial charge on any atom is -0.399 e. The molecule has 5 rings (SSSR count). The summed E-state index contributed by atoms with van der Waals surface area (Å²) in [5.74, 6) is -0.179. The lowest BCUT2D eigenvalue weighted by molar-refractivity contribution is -0.126. The standard InChI is InChI=1S/C24H24ClN7O2S/c25-19-4-3-17(26)13-21(19)32-15-18(28-29-32)14-27-23(33)16-5-10-31(11-6-16)24(34)22-20(7-12-35-22)30-8-1-2-9-30/h1-4,7-9,12-13,15-16H,5-6,10-11,14,26H2,(H,27,33). The Morgan fingerprint density at radius 2 is 1.91 bits per heavy atom. The summed E-state index contributed by atoms with van der Waals surface area (Å²) in [5, 5.41) is 13.6. The molecule has 0 saturated carbocycles. The molecule has 2 amide bonds. The van der Waals surface area contributed by atoms with Crippen molar-refractivity contribution in [3.8, 4) is 11.4 Å². The number of likely N-dealkylation sites (tertiary alicyclic amines) is 1. The molecule has 1 aromatic carbocycles. The molecule has 35 heavy (non-hydrogen) atoms. The number of piperidine rings is 1. The SMILES string of the molecule is Nc1ccc(Cl)c(-n2cc(CNC(=O)C3CCN(C(=O)c4sccc4-n4cccc4)CC3)nn2)c1. The van der Waals surface area contributed by atoms with Gasteiger partial charge in [0.05, 0.1) is 29.1 Å². The summed E-state index contributed by atoms with van der Waals surface area (Å²) in [7, 11) is 0. The van der Waals surface area contributed by atoms with E-state index in [0.717, 1.165) is 5.69 Å². The molecular weight excluding hydrogens is 486 g/mol. The first-order valence-electron chi connectivity index (χ1n) is 11.2. The van der Waals surface area contributed by atoms with E-state index in [9.17, 15) is 9.59 Å². The molecule has 3 N–H and O–H groups in total. The highest BCUT2D eigenvalue weighted by Gasteiger charge is 2.29. The third-order valence-electron chi connectivity index (χ3n) is 6.08. The third-order valence-corrected chi connectivity index (χ3v) is 7.29. The number of benzene rings is 1. The van der Waals surface area contributed by atoms with Gasteiger partial charge in [-0.2, -0.15) is 0 Å². The van der Waals surface area contributed by atoms with Gasteiger partial charge in [0, 0.05) is 37.1 Å². The minimum absolute atomic E-state index is 0.0133. The number of aromatic nitrogens is 4. The van der Waals surface area contributed by atoms with Crippen molar-refractivity contribution in [1.29, 1.82) is 0 Å². The lowest BCUT2D eigenvalue weighted by Crippen LogP contribution is -2.43. The molecule has 0 atom stereocenters. The number of nitrogens with one attached hydrogen (secondary N) is 1. The van der Waals surface area contributed by atoms with Gasteiger partial charge in [-0.3, -0.25) is 9.59 Å². The number of halogens is 1. The predicted octanol–water partition coefficient (Wildman–Crippen LogP) is 3.52. The Morgan fingerprint density at radius 1 is 1.14 bits per heavy atom. The van der Waals surface area contributed by atoms with E-state index in [1.54, 1.807) is 24.4 Å². The van der Waals surface area contributed by atoms with Crippen LogP contribution in [0.25, 0.3) is 11.4 Å². The second-order valence-corrected chi connectivity index (χ2v) is 9.70. The van der Waals surface area contributed by atoms with Crippen LogP contribution in [-0.2, 0) is 11.3 Å². The molecule has 180 valence electrons. The van der Waals surface area contributed by atoms with Crippen LogP contribution < -0.4 is 11.1 Å². The van der Waals surface area contributed by atoms with E-state index < -0.39 is 0 Å². The Hall–Kier alpha value is -3.63. The van der Waals surface area contributed by atoms with Gasteiger partial charge in [-0.25, -0.2) is 4.68 Å². The van der Waals surface area contributed by atoms with Gasteiger partial charge in [-0.15, -0.1) is 16.4 Å². The first-order valence-corrected chi connectivity index (χ1v) is 12.5. The van der Waals surface area contributed by atoms with Crippen LogP contribution in [0.1, 0.15) is 28.2 Å². The molecule has 0 aliphatic carbocycles. The van der Waals surface area contributed by atoms with E-state index in [0.29, 0.717) is 52.9 Å². The first-order chi connectivity index (χ1) is 17.0. The fraction of sp³-hybridized carbons (Fsp3) is 0.250. The summed E-state index contributed by atoms with van der Waals surface area (Å²) in [4.78, 5) is 28.4. The molecule has 0 bridgehead atoms. The van der Waals surface area contributed by atoms with Gasteiger partial charge in [0.1, 0.15) is 10.6 Å². The van der Waals surface area contributed by atoms with Gasteiger partial charge >= 0.3 is 0 Å². The monoisotopic (exact) mass is 509 g/mol. The molecule has 0 unspecified atom stereocenters. The maximum Gasteiger partial charge on any atom is 0.266 e. The van der Waals surface area contributed by atoms with Crippen LogP contribution in [0, 0.1) is 5.92 Å². The van der Waals surface area contributed by atoms with Crippen molar-refractivity contribution < 1.29 is 9.59 Å².